The summed E-state index contributed by atoms with van der Waals surface area (Å²) in [5, 5.41) is 8.21. The van der Waals surface area contributed by atoms with E-state index in [1.165, 1.54) is 30.0 Å². The first-order valence-electron chi connectivity index (χ1n) is 6.12. The molecule has 0 saturated carbocycles. The second kappa shape index (κ2) is 5.73. The van der Waals surface area contributed by atoms with Gasteiger partial charge in [0.25, 0.3) is 0 Å². The van der Waals surface area contributed by atoms with Gasteiger partial charge in [0.15, 0.2) is 0 Å². The summed E-state index contributed by atoms with van der Waals surface area (Å²) in [5.74, 6) is 3.34. The molecule has 0 spiro atoms. The number of nitrogens with zero attached hydrogens (tertiary/aromatic N) is 2. The van der Waals surface area contributed by atoms with Gasteiger partial charge >= 0.3 is 0 Å². The van der Waals surface area contributed by atoms with Gasteiger partial charge in [-0.25, -0.2) is 0 Å². The van der Waals surface area contributed by atoms with Gasteiger partial charge in [0.2, 0.25) is 0 Å². The number of aryl methyl sites for hydroxylation is 1. The molecule has 0 amide bonds. The van der Waals surface area contributed by atoms with E-state index in [0.717, 1.165) is 12.5 Å². The van der Waals surface area contributed by atoms with Crippen molar-refractivity contribution in [1.82, 2.24) is 15.1 Å². The fourth-order valence-corrected chi connectivity index (χ4v) is 3.53. The van der Waals surface area contributed by atoms with Crippen molar-refractivity contribution in [2.75, 3.05) is 18.1 Å². The van der Waals surface area contributed by atoms with Crippen molar-refractivity contribution >= 4 is 11.8 Å². The number of aromatic nitrogens is 2. The van der Waals surface area contributed by atoms with E-state index in [-0.39, 0.29) is 0 Å². The first-order chi connectivity index (χ1) is 7.81. The van der Waals surface area contributed by atoms with Gasteiger partial charge in [0.1, 0.15) is 0 Å². The fraction of sp³-hybridized carbons (Fsp3) is 0.750. The predicted molar refractivity (Wildman–Crippen MR) is 69.7 cm³/mol. The highest BCUT2D eigenvalue weighted by atomic mass is 32.2. The molecule has 2 unspecified atom stereocenters. The summed E-state index contributed by atoms with van der Waals surface area (Å²) in [6.07, 6.45) is 4.55. The molecule has 3 nitrogen and oxygen atoms in total. The Kier molecular flexibility index (Phi) is 4.29. The number of thioether (sulfide) groups is 1. The third kappa shape index (κ3) is 2.80. The Morgan fingerprint density at radius 2 is 2.56 bits per heavy atom. The summed E-state index contributed by atoms with van der Waals surface area (Å²) in [6, 6.07) is 2.60. The highest BCUT2D eigenvalue weighted by molar-refractivity contribution is 7.99. The molecule has 1 aliphatic rings. The quantitative estimate of drug-likeness (QED) is 0.854. The molecular weight excluding hydrogens is 218 g/mol. The summed E-state index contributed by atoms with van der Waals surface area (Å²) in [7, 11) is 1.99. The summed E-state index contributed by atoms with van der Waals surface area (Å²) < 4.78 is 1.90. The smallest absolute Gasteiger partial charge is 0.0796 e. The van der Waals surface area contributed by atoms with Crippen LogP contribution >= 0.6 is 11.8 Å². The van der Waals surface area contributed by atoms with E-state index in [1.807, 2.05) is 17.9 Å². The molecule has 2 atom stereocenters. The maximum Gasteiger partial charge on any atom is 0.0796 e. The van der Waals surface area contributed by atoms with Gasteiger partial charge < -0.3 is 5.32 Å². The van der Waals surface area contributed by atoms with Crippen LogP contribution in [0.25, 0.3) is 0 Å². The van der Waals surface area contributed by atoms with E-state index in [4.69, 9.17) is 0 Å². The predicted octanol–water partition coefficient (Wildman–Crippen LogP) is 2.21. The van der Waals surface area contributed by atoms with Gasteiger partial charge in [-0.15, -0.1) is 0 Å². The third-order valence-electron chi connectivity index (χ3n) is 3.10. The molecular formula is C12H21N3S. The monoisotopic (exact) mass is 239 g/mol. The Bertz CT molecular complexity index is 318. The highest BCUT2D eigenvalue weighted by Crippen LogP contribution is 2.33. The van der Waals surface area contributed by atoms with Crippen LogP contribution in [-0.4, -0.2) is 27.8 Å². The summed E-state index contributed by atoms with van der Waals surface area (Å²) >= 11 is 2.07. The first kappa shape index (κ1) is 12.0. The van der Waals surface area contributed by atoms with Gasteiger partial charge in [-0.3, -0.25) is 4.68 Å². The van der Waals surface area contributed by atoms with Crippen molar-refractivity contribution in [1.29, 1.82) is 0 Å². The zero-order chi connectivity index (χ0) is 11.4. The third-order valence-corrected chi connectivity index (χ3v) is 4.29. The molecule has 0 aromatic carbocycles. The standard InChI is InChI=1S/C12H21N3S/c1-3-6-13-12(10-5-8-16-9-10)11-4-7-15(2)14-11/h4,7,10,12-13H,3,5-6,8-9H2,1-2H3. The fourth-order valence-electron chi connectivity index (χ4n) is 2.23. The van der Waals surface area contributed by atoms with Crippen molar-refractivity contribution in [2.24, 2.45) is 13.0 Å². The average molecular weight is 239 g/mol. The van der Waals surface area contributed by atoms with Gasteiger partial charge in [-0.05, 0) is 42.9 Å². The maximum atomic E-state index is 4.55. The first-order valence-corrected chi connectivity index (χ1v) is 7.27. The zero-order valence-corrected chi connectivity index (χ0v) is 11.0. The van der Waals surface area contributed by atoms with E-state index in [1.54, 1.807) is 0 Å². The topological polar surface area (TPSA) is 29.9 Å². The van der Waals surface area contributed by atoms with E-state index >= 15 is 0 Å². The largest absolute Gasteiger partial charge is 0.308 e. The zero-order valence-electron chi connectivity index (χ0n) is 10.1. The van der Waals surface area contributed by atoms with Crippen LogP contribution in [0.3, 0.4) is 0 Å². The van der Waals surface area contributed by atoms with Crippen LogP contribution < -0.4 is 5.32 Å². The van der Waals surface area contributed by atoms with Crippen molar-refractivity contribution in [3.63, 3.8) is 0 Å². The molecule has 1 N–H and O–H groups in total. The molecule has 2 rings (SSSR count). The number of hydrogen-bond donors (Lipinski definition) is 1. The van der Waals surface area contributed by atoms with Gasteiger partial charge in [0, 0.05) is 13.2 Å². The van der Waals surface area contributed by atoms with Crippen LogP contribution in [-0.2, 0) is 7.05 Å². The molecule has 16 heavy (non-hydrogen) atoms. The molecule has 2 heterocycles. The minimum Gasteiger partial charge on any atom is -0.308 e. The molecule has 1 aromatic rings. The van der Waals surface area contributed by atoms with Crippen molar-refractivity contribution in [3.05, 3.63) is 18.0 Å². The lowest BCUT2D eigenvalue weighted by Crippen LogP contribution is -2.29. The van der Waals surface area contributed by atoms with Crippen molar-refractivity contribution < 1.29 is 0 Å². The van der Waals surface area contributed by atoms with Gasteiger partial charge in [-0.2, -0.15) is 16.9 Å². The second-order valence-electron chi connectivity index (χ2n) is 4.47. The van der Waals surface area contributed by atoms with E-state index in [9.17, 15) is 0 Å². The number of rotatable bonds is 5. The van der Waals surface area contributed by atoms with Crippen LogP contribution in [0.2, 0.25) is 0 Å². The van der Waals surface area contributed by atoms with Crippen LogP contribution in [0.1, 0.15) is 31.5 Å². The van der Waals surface area contributed by atoms with Crippen LogP contribution in [0.15, 0.2) is 12.3 Å². The minimum atomic E-state index is 0.455. The summed E-state index contributed by atoms with van der Waals surface area (Å²) in [6.45, 7) is 3.30. The molecule has 1 fully saturated rings. The van der Waals surface area contributed by atoms with E-state index in [2.05, 4.69) is 35.2 Å². The lowest BCUT2D eigenvalue weighted by molar-refractivity contribution is 0.383. The molecule has 90 valence electrons. The Morgan fingerprint density at radius 1 is 1.69 bits per heavy atom. The molecule has 0 bridgehead atoms. The Balaban J connectivity index is 2.06. The maximum absolute atomic E-state index is 4.55. The number of nitrogens with one attached hydrogen (secondary N) is 1. The van der Waals surface area contributed by atoms with Crippen molar-refractivity contribution in [2.45, 2.75) is 25.8 Å². The van der Waals surface area contributed by atoms with Crippen LogP contribution in [0.5, 0.6) is 0 Å². The lowest BCUT2D eigenvalue weighted by Gasteiger charge is -2.22. The Hall–Kier alpha value is -0.480. The number of hydrogen-bond acceptors (Lipinski definition) is 3. The van der Waals surface area contributed by atoms with Gasteiger partial charge in [0.05, 0.1) is 11.7 Å². The van der Waals surface area contributed by atoms with Crippen LogP contribution in [0.4, 0.5) is 0 Å². The average Bonchev–Trinajstić information content (AvgIpc) is 2.91. The summed E-state index contributed by atoms with van der Waals surface area (Å²) in [5.41, 5.74) is 1.21. The second-order valence-corrected chi connectivity index (χ2v) is 5.62. The van der Waals surface area contributed by atoms with E-state index in [0.29, 0.717) is 6.04 Å². The normalized spacial score (nSPS) is 22.5. The Labute approximate surface area is 102 Å². The lowest BCUT2D eigenvalue weighted by atomic mass is 9.96. The highest BCUT2D eigenvalue weighted by Gasteiger charge is 2.27. The van der Waals surface area contributed by atoms with E-state index < -0.39 is 0 Å². The SMILES string of the molecule is CCCNC(c1ccn(C)n1)C1CCSC1. The molecule has 1 aliphatic heterocycles. The molecule has 0 aliphatic carbocycles. The van der Waals surface area contributed by atoms with Crippen LogP contribution in [0, 0.1) is 5.92 Å². The minimum absolute atomic E-state index is 0.455. The van der Waals surface area contributed by atoms with Crippen molar-refractivity contribution in [3.8, 4) is 0 Å². The molecule has 1 aromatic heterocycles. The van der Waals surface area contributed by atoms with Gasteiger partial charge in [-0.1, -0.05) is 6.92 Å². The Morgan fingerprint density at radius 3 is 3.12 bits per heavy atom. The molecule has 1 saturated heterocycles. The molecule has 0 radical (unpaired) electrons. The molecule has 4 heteroatoms. The summed E-state index contributed by atoms with van der Waals surface area (Å²) in [4.78, 5) is 0.